The summed E-state index contributed by atoms with van der Waals surface area (Å²) in [7, 11) is -2.11. The Morgan fingerprint density at radius 1 is 1.30 bits per heavy atom. The van der Waals surface area contributed by atoms with Crippen molar-refractivity contribution in [3.8, 4) is 0 Å². The van der Waals surface area contributed by atoms with Gasteiger partial charge < -0.3 is 14.0 Å². The molecular formula is C20H29N5O4S. The van der Waals surface area contributed by atoms with Crippen LogP contribution in [0.3, 0.4) is 0 Å². The van der Waals surface area contributed by atoms with Crippen molar-refractivity contribution in [1.82, 2.24) is 24.7 Å². The number of aromatic nitrogens is 5. The standard InChI is InChI=1S/C20H29N5O4S/c1-13-9-22-16(10-21-13)18(28-4)14(2)30(26,27)12-17-23-24-19(15-5-8-29-11-15)25(17)20(3)6-7-20/h9-10,14-15,18H,5-8,11-12H2,1-4H3/t14-,15-,18-/m0/s1. The van der Waals surface area contributed by atoms with Crippen molar-refractivity contribution in [2.24, 2.45) is 0 Å². The zero-order valence-electron chi connectivity index (χ0n) is 17.9. The summed E-state index contributed by atoms with van der Waals surface area (Å²) in [6.07, 6.45) is 5.35. The minimum Gasteiger partial charge on any atom is -0.381 e. The van der Waals surface area contributed by atoms with E-state index in [4.69, 9.17) is 9.47 Å². The van der Waals surface area contributed by atoms with Crippen LogP contribution in [-0.4, -0.2) is 58.7 Å². The van der Waals surface area contributed by atoms with Crippen LogP contribution in [0.1, 0.15) is 68.2 Å². The molecule has 1 aliphatic carbocycles. The Hall–Kier alpha value is -1.91. The molecule has 9 nitrogen and oxygen atoms in total. The van der Waals surface area contributed by atoms with Crippen molar-refractivity contribution in [2.45, 2.75) is 68.6 Å². The Bertz CT molecular complexity index is 995. The van der Waals surface area contributed by atoms with E-state index in [-0.39, 0.29) is 17.2 Å². The lowest BCUT2D eigenvalue weighted by Gasteiger charge is -2.23. The molecule has 2 aliphatic rings. The lowest BCUT2D eigenvalue weighted by atomic mass is 10.1. The zero-order valence-corrected chi connectivity index (χ0v) is 18.7. The predicted molar refractivity (Wildman–Crippen MR) is 110 cm³/mol. The van der Waals surface area contributed by atoms with Gasteiger partial charge in [0.05, 0.1) is 29.4 Å². The number of sulfone groups is 1. The lowest BCUT2D eigenvalue weighted by molar-refractivity contribution is 0.0983. The van der Waals surface area contributed by atoms with Gasteiger partial charge in [0.2, 0.25) is 0 Å². The van der Waals surface area contributed by atoms with E-state index < -0.39 is 21.2 Å². The first-order valence-electron chi connectivity index (χ1n) is 10.3. The molecule has 1 saturated heterocycles. The highest BCUT2D eigenvalue weighted by molar-refractivity contribution is 7.91. The van der Waals surface area contributed by atoms with Gasteiger partial charge in [0, 0.05) is 31.4 Å². The molecule has 30 heavy (non-hydrogen) atoms. The number of methoxy groups -OCH3 is 1. The topological polar surface area (TPSA) is 109 Å². The van der Waals surface area contributed by atoms with Crippen LogP contribution in [0.2, 0.25) is 0 Å². The summed E-state index contributed by atoms with van der Waals surface area (Å²) < 4.78 is 39.8. The Morgan fingerprint density at radius 2 is 2.07 bits per heavy atom. The summed E-state index contributed by atoms with van der Waals surface area (Å²) in [5.74, 6) is 1.31. The zero-order chi connectivity index (χ0) is 21.5. The van der Waals surface area contributed by atoms with Gasteiger partial charge in [-0.05, 0) is 40.0 Å². The minimum absolute atomic E-state index is 0.112. The van der Waals surface area contributed by atoms with E-state index in [2.05, 4.69) is 31.7 Å². The molecule has 0 bridgehead atoms. The van der Waals surface area contributed by atoms with Gasteiger partial charge in [-0.3, -0.25) is 9.97 Å². The van der Waals surface area contributed by atoms with Crippen LogP contribution >= 0.6 is 0 Å². The van der Waals surface area contributed by atoms with Crippen molar-refractivity contribution in [3.05, 3.63) is 35.4 Å². The van der Waals surface area contributed by atoms with Crippen molar-refractivity contribution >= 4 is 9.84 Å². The van der Waals surface area contributed by atoms with Gasteiger partial charge in [-0.15, -0.1) is 10.2 Å². The molecule has 2 fully saturated rings. The second kappa shape index (κ2) is 7.97. The Kier molecular flexibility index (Phi) is 5.67. The first-order valence-corrected chi connectivity index (χ1v) is 12.0. The molecule has 10 heteroatoms. The van der Waals surface area contributed by atoms with Crippen LogP contribution in [0.5, 0.6) is 0 Å². The third-order valence-electron chi connectivity index (χ3n) is 6.23. The largest absolute Gasteiger partial charge is 0.381 e. The Morgan fingerprint density at radius 3 is 2.63 bits per heavy atom. The van der Waals surface area contributed by atoms with E-state index in [1.807, 2.05) is 6.92 Å². The van der Waals surface area contributed by atoms with Crippen molar-refractivity contribution < 1.29 is 17.9 Å². The first kappa shape index (κ1) is 21.3. The number of rotatable bonds is 8. The lowest BCUT2D eigenvalue weighted by Crippen LogP contribution is -2.30. The van der Waals surface area contributed by atoms with E-state index in [1.54, 1.807) is 19.3 Å². The highest BCUT2D eigenvalue weighted by atomic mass is 32.2. The van der Waals surface area contributed by atoms with Crippen LogP contribution in [-0.2, 0) is 30.6 Å². The fourth-order valence-electron chi connectivity index (χ4n) is 4.02. The summed E-state index contributed by atoms with van der Waals surface area (Å²) in [6, 6.07) is 0. The number of hydrogen-bond acceptors (Lipinski definition) is 8. The highest BCUT2D eigenvalue weighted by Gasteiger charge is 2.45. The molecule has 0 amide bonds. The maximum Gasteiger partial charge on any atom is 0.163 e. The van der Waals surface area contributed by atoms with E-state index in [9.17, 15) is 8.42 Å². The van der Waals surface area contributed by atoms with Crippen molar-refractivity contribution in [3.63, 3.8) is 0 Å². The average molecular weight is 436 g/mol. The smallest absolute Gasteiger partial charge is 0.163 e. The molecular weight excluding hydrogens is 406 g/mol. The van der Waals surface area contributed by atoms with Gasteiger partial charge in [-0.1, -0.05) is 0 Å². The van der Waals surface area contributed by atoms with Crippen LogP contribution in [0.15, 0.2) is 12.4 Å². The molecule has 0 N–H and O–H groups in total. The molecule has 0 radical (unpaired) electrons. The molecule has 0 aromatic carbocycles. The van der Waals surface area contributed by atoms with E-state index >= 15 is 0 Å². The Labute approximate surface area is 177 Å². The van der Waals surface area contributed by atoms with Gasteiger partial charge in [-0.2, -0.15) is 0 Å². The minimum atomic E-state index is -3.60. The summed E-state index contributed by atoms with van der Waals surface area (Å²) in [5, 5.41) is 7.90. The summed E-state index contributed by atoms with van der Waals surface area (Å²) in [4.78, 5) is 8.54. The number of nitrogens with zero attached hydrogens (tertiary/aromatic N) is 5. The highest BCUT2D eigenvalue weighted by Crippen LogP contribution is 2.46. The number of aryl methyl sites for hydroxylation is 1. The molecule has 2 aromatic rings. The molecule has 4 rings (SSSR count). The van der Waals surface area contributed by atoms with Gasteiger partial charge in [0.25, 0.3) is 0 Å². The third-order valence-corrected chi connectivity index (χ3v) is 8.27. The predicted octanol–water partition coefficient (Wildman–Crippen LogP) is 2.08. The fraction of sp³-hybridized carbons (Fsp3) is 0.700. The molecule has 0 unspecified atom stereocenters. The second-order valence-electron chi connectivity index (χ2n) is 8.62. The SMILES string of the molecule is CO[C@H](c1cnc(C)cn1)[C@H](C)S(=O)(=O)Cc1nnc([C@H]2CCOC2)n1C1(C)CC1. The maximum absolute atomic E-state index is 13.3. The molecule has 1 aliphatic heterocycles. The van der Waals surface area contributed by atoms with Crippen LogP contribution in [0.25, 0.3) is 0 Å². The first-order chi connectivity index (χ1) is 14.2. The van der Waals surface area contributed by atoms with Crippen LogP contribution in [0, 0.1) is 6.92 Å². The number of ether oxygens (including phenoxy) is 2. The van der Waals surface area contributed by atoms with E-state index in [0.717, 1.165) is 30.8 Å². The van der Waals surface area contributed by atoms with Gasteiger partial charge in [0.1, 0.15) is 23.5 Å². The molecule has 164 valence electrons. The van der Waals surface area contributed by atoms with Gasteiger partial charge in [0.15, 0.2) is 9.84 Å². The molecule has 3 heterocycles. The summed E-state index contributed by atoms with van der Waals surface area (Å²) in [6.45, 7) is 6.92. The molecule has 3 atom stereocenters. The molecule has 1 saturated carbocycles. The summed E-state index contributed by atoms with van der Waals surface area (Å²) in [5.41, 5.74) is 1.15. The van der Waals surface area contributed by atoms with E-state index in [0.29, 0.717) is 24.7 Å². The third kappa shape index (κ3) is 4.00. The number of hydrogen-bond donors (Lipinski definition) is 0. The molecule has 2 aromatic heterocycles. The van der Waals surface area contributed by atoms with Crippen molar-refractivity contribution in [1.29, 1.82) is 0 Å². The van der Waals surface area contributed by atoms with Crippen LogP contribution < -0.4 is 0 Å². The maximum atomic E-state index is 13.3. The second-order valence-corrected chi connectivity index (χ2v) is 11.0. The van der Waals surface area contributed by atoms with Gasteiger partial charge >= 0.3 is 0 Å². The quantitative estimate of drug-likeness (QED) is 0.620. The van der Waals surface area contributed by atoms with Crippen molar-refractivity contribution in [2.75, 3.05) is 20.3 Å². The summed E-state index contributed by atoms with van der Waals surface area (Å²) >= 11 is 0. The van der Waals surface area contributed by atoms with Gasteiger partial charge in [-0.25, -0.2) is 8.42 Å². The monoisotopic (exact) mass is 435 g/mol. The average Bonchev–Trinajstić information content (AvgIpc) is 3.12. The van der Waals surface area contributed by atoms with Crippen LogP contribution in [0.4, 0.5) is 0 Å². The normalized spacial score (nSPS) is 22.7. The molecule has 0 spiro atoms. The van der Waals surface area contributed by atoms with E-state index in [1.165, 1.54) is 7.11 Å². The Balaban J connectivity index is 1.62. The fourth-order valence-corrected chi connectivity index (χ4v) is 5.46.